The maximum atomic E-state index is 5.74. The molecule has 86 valence electrons. The van der Waals surface area contributed by atoms with Gasteiger partial charge in [-0.1, -0.05) is 43.3 Å². The van der Waals surface area contributed by atoms with Gasteiger partial charge in [-0.2, -0.15) is 0 Å². The predicted molar refractivity (Wildman–Crippen MR) is 72.6 cm³/mol. The molecule has 0 aromatic carbocycles. The molecule has 0 saturated carbocycles. The molecule has 0 saturated heterocycles. The summed E-state index contributed by atoms with van der Waals surface area (Å²) in [5.74, 6) is 0.960. The molecule has 0 fully saturated rings. The molecule has 0 aliphatic rings. The molecule has 0 amide bonds. The fourth-order valence-corrected chi connectivity index (χ4v) is 1.40. The minimum atomic E-state index is 0.656. The molecule has 0 unspecified atom stereocenters. The van der Waals surface area contributed by atoms with Gasteiger partial charge >= 0.3 is 0 Å². The summed E-state index contributed by atoms with van der Waals surface area (Å²) in [4.78, 5) is 4.28. The molecule has 4 heteroatoms. The Bertz CT molecular complexity index is 266. The van der Waals surface area contributed by atoms with Crippen molar-refractivity contribution >= 4 is 28.5 Å². The minimum absolute atomic E-state index is 0.656. The molecular formula is C11H19ClN2S. The molecule has 0 atom stereocenters. The van der Waals surface area contributed by atoms with Crippen LogP contribution in [0.3, 0.4) is 0 Å². The Labute approximate surface area is 102 Å². The molecule has 0 aliphatic carbocycles. The SMILES string of the molecule is CCSC(N)=NC/C(=C/C=C(\C)Cl)CC. The van der Waals surface area contributed by atoms with E-state index < -0.39 is 0 Å². The van der Waals surface area contributed by atoms with Gasteiger partial charge < -0.3 is 5.73 Å². The van der Waals surface area contributed by atoms with Crippen LogP contribution in [0.15, 0.2) is 27.7 Å². The van der Waals surface area contributed by atoms with Gasteiger partial charge in [-0.25, -0.2) is 0 Å². The number of allylic oxidation sites excluding steroid dienone is 3. The molecule has 0 heterocycles. The maximum Gasteiger partial charge on any atom is 0.154 e. The molecule has 0 aliphatic heterocycles. The van der Waals surface area contributed by atoms with Gasteiger partial charge in [-0.3, -0.25) is 4.99 Å². The monoisotopic (exact) mass is 246 g/mol. The smallest absolute Gasteiger partial charge is 0.154 e. The van der Waals surface area contributed by atoms with Crippen LogP contribution >= 0.6 is 23.4 Å². The van der Waals surface area contributed by atoms with Crippen LogP contribution < -0.4 is 5.73 Å². The second-order valence-corrected chi connectivity index (χ2v) is 4.90. The number of rotatable bonds is 5. The zero-order valence-electron chi connectivity index (χ0n) is 9.59. The van der Waals surface area contributed by atoms with Crippen LogP contribution in [-0.2, 0) is 0 Å². The first-order valence-electron chi connectivity index (χ1n) is 5.04. The van der Waals surface area contributed by atoms with E-state index in [1.807, 2.05) is 19.1 Å². The molecular weight excluding hydrogens is 228 g/mol. The number of nitrogens with zero attached hydrogens (tertiary/aromatic N) is 1. The van der Waals surface area contributed by atoms with Crippen LogP contribution in [0.5, 0.6) is 0 Å². The van der Waals surface area contributed by atoms with Crippen molar-refractivity contribution in [2.45, 2.75) is 27.2 Å². The van der Waals surface area contributed by atoms with Gasteiger partial charge in [0.25, 0.3) is 0 Å². The largest absolute Gasteiger partial charge is 0.379 e. The van der Waals surface area contributed by atoms with Gasteiger partial charge in [0.1, 0.15) is 0 Å². The maximum absolute atomic E-state index is 5.74. The van der Waals surface area contributed by atoms with Gasteiger partial charge in [0, 0.05) is 5.03 Å². The Hall–Kier alpha value is -0.410. The van der Waals surface area contributed by atoms with Crippen molar-refractivity contribution in [1.82, 2.24) is 0 Å². The number of aliphatic imine (C=N–C) groups is 1. The van der Waals surface area contributed by atoms with E-state index in [0.717, 1.165) is 17.2 Å². The highest BCUT2D eigenvalue weighted by atomic mass is 35.5. The van der Waals surface area contributed by atoms with Crippen molar-refractivity contribution < 1.29 is 0 Å². The second-order valence-electron chi connectivity index (χ2n) is 3.02. The molecule has 0 radical (unpaired) electrons. The van der Waals surface area contributed by atoms with Gasteiger partial charge in [0.15, 0.2) is 5.17 Å². The highest BCUT2D eigenvalue weighted by Crippen LogP contribution is 2.07. The van der Waals surface area contributed by atoms with Crippen molar-refractivity contribution in [3.05, 3.63) is 22.8 Å². The fourth-order valence-electron chi connectivity index (χ4n) is 0.888. The lowest BCUT2D eigenvalue weighted by atomic mass is 10.2. The van der Waals surface area contributed by atoms with E-state index in [4.69, 9.17) is 17.3 Å². The van der Waals surface area contributed by atoms with E-state index in [1.165, 1.54) is 5.57 Å². The van der Waals surface area contributed by atoms with E-state index in [0.29, 0.717) is 11.7 Å². The van der Waals surface area contributed by atoms with E-state index in [1.54, 1.807) is 11.8 Å². The molecule has 0 aromatic rings. The van der Waals surface area contributed by atoms with Crippen LogP contribution in [0, 0.1) is 0 Å². The molecule has 0 bridgehead atoms. The lowest BCUT2D eigenvalue weighted by Gasteiger charge is -2.01. The van der Waals surface area contributed by atoms with E-state index in [9.17, 15) is 0 Å². The summed E-state index contributed by atoms with van der Waals surface area (Å²) in [5, 5.41) is 1.43. The average Bonchev–Trinajstić information content (AvgIpc) is 2.18. The van der Waals surface area contributed by atoms with E-state index in [-0.39, 0.29) is 0 Å². The number of hydrogen-bond acceptors (Lipinski definition) is 2. The minimum Gasteiger partial charge on any atom is -0.379 e. The van der Waals surface area contributed by atoms with Crippen molar-refractivity contribution in [2.24, 2.45) is 10.7 Å². The molecule has 2 nitrogen and oxygen atoms in total. The van der Waals surface area contributed by atoms with Crippen molar-refractivity contribution in [3.63, 3.8) is 0 Å². The van der Waals surface area contributed by atoms with Crippen LogP contribution in [0.4, 0.5) is 0 Å². The molecule has 0 aromatic heterocycles. The zero-order chi connectivity index (χ0) is 11.7. The quantitative estimate of drug-likeness (QED) is 0.458. The number of hydrogen-bond donors (Lipinski definition) is 1. The number of amidine groups is 1. The van der Waals surface area contributed by atoms with Gasteiger partial charge in [0.05, 0.1) is 6.54 Å². The van der Waals surface area contributed by atoms with Gasteiger partial charge in [0.2, 0.25) is 0 Å². The van der Waals surface area contributed by atoms with Crippen molar-refractivity contribution in [1.29, 1.82) is 0 Å². The topological polar surface area (TPSA) is 38.4 Å². The highest BCUT2D eigenvalue weighted by molar-refractivity contribution is 8.13. The third-order valence-corrected chi connectivity index (χ3v) is 2.57. The van der Waals surface area contributed by atoms with E-state index in [2.05, 4.69) is 18.8 Å². The first-order chi connectivity index (χ1) is 7.10. The number of nitrogens with two attached hydrogens (primary N) is 1. The summed E-state index contributed by atoms with van der Waals surface area (Å²) in [5.41, 5.74) is 6.92. The summed E-state index contributed by atoms with van der Waals surface area (Å²) < 4.78 is 0. The second kappa shape index (κ2) is 8.86. The van der Waals surface area contributed by atoms with E-state index >= 15 is 0 Å². The first-order valence-corrected chi connectivity index (χ1v) is 6.41. The normalized spacial score (nSPS) is 14.5. The lowest BCUT2D eigenvalue weighted by Crippen LogP contribution is -2.08. The summed E-state index contributed by atoms with van der Waals surface area (Å²) in [6.07, 6.45) is 4.86. The van der Waals surface area contributed by atoms with Crippen LogP contribution in [0.1, 0.15) is 27.2 Å². The number of thioether (sulfide) groups is 1. The summed E-state index contributed by atoms with van der Waals surface area (Å²) >= 11 is 7.31. The molecule has 15 heavy (non-hydrogen) atoms. The zero-order valence-corrected chi connectivity index (χ0v) is 11.2. The first kappa shape index (κ1) is 14.6. The van der Waals surface area contributed by atoms with Crippen LogP contribution in [0.25, 0.3) is 0 Å². The molecule has 2 N–H and O–H groups in total. The van der Waals surface area contributed by atoms with Crippen molar-refractivity contribution in [3.8, 4) is 0 Å². The Balaban J connectivity index is 4.28. The summed E-state index contributed by atoms with van der Waals surface area (Å²) in [6, 6.07) is 0. The van der Waals surface area contributed by atoms with Gasteiger partial charge in [-0.15, -0.1) is 0 Å². The number of halogens is 1. The highest BCUT2D eigenvalue weighted by Gasteiger charge is 1.94. The summed E-state index contributed by atoms with van der Waals surface area (Å²) in [7, 11) is 0. The predicted octanol–water partition coefficient (Wildman–Crippen LogP) is 3.53. The third-order valence-electron chi connectivity index (χ3n) is 1.73. The van der Waals surface area contributed by atoms with Crippen molar-refractivity contribution in [2.75, 3.05) is 12.3 Å². The third kappa shape index (κ3) is 8.58. The molecule has 0 spiro atoms. The molecule has 0 rings (SSSR count). The van der Waals surface area contributed by atoms with Crippen LogP contribution in [-0.4, -0.2) is 17.5 Å². The Morgan fingerprint density at radius 1 is 1.40 bits per heavy atom. The Kier molecular flexibility index (Phi) is 8.62. The Morgan fingerprint density at radius 3 is 2.53 bits per heavy atom. The standard InChI is InChI=1S/C11H19ClN2S/c1-4-10(7-6-9(3)12)8-14-11(13)15-5-2/h6-7H,4-5,8H2,1-3H3,(H2,13,14)/b9-6+,10-7+. The Morgan fingerprint density at radius 2 is 2.07 bits per heavy atom. The fraction of sp³-hybridized carbons (Fsp3) is 0.545. The van der Waals surface area contributed by atoms with Gasteiger partial charge in [-0.05, 0) is 30.7 Å². The van der Waals surface area contributed by atoms with Crippen LogP contribution in [0.2, 0.25) is 0 Å². The summed E-state index contributed by atoms with van der Waals surface area (Å²) in [6.45, 7) is 6.68. The lowest BCUT2D eigenvalue weighted by molar-refractivity contribution is 1.01. The average molecular weight is 247 g/mol.